The largest absolute Gasteiger partial charge is 0.454 e. The molecule has 1 aromatic carbocycles. The zero-order valence-electron chi connectivity index (χ0n) is 9.87. The molecule has 1 aliphatic carbocycles. The molecule has 3 rings (SSSR count). The van der Waals surface area contributed by atoms with Crippen molar-refractivity contribution in [2.75, 3.05) is 19.7 Å². The third-order valence-electron chi connectivity index (χ3n) is 3.58. The molecule has 1 fully saturated rings. The summed E-state index contributed by atoms with van der Waals surface area (Å²) in [5.74, 6) is 0.971. The van der Waals surface area contributed by atoms with Gasteiger partial charge < -0.3 is 14.6 Å². The Kier molecular flexibility index (Phi) is 2.53. The maximum atomic E-state index is 11.6. The molecule has 6 heteroatoms. The van der Waals surface area contributed by atoms with Gasteiger partial charge in [0.25, 0.3) is 0 Å². The summed E-state index contributed by atoms with van der Waals surface area (Å²) in [6.45, 7) is 0.0826. The van der Waals surface area contributed by atoms with E-state index in [1.807, 2.05) is 6.07 Å². The van der Waals surface area contributed by atoms with Crippen molar-refractivity contribution >= 4 is 9.84 Å². The zero-order valence-corrected chi connectivity index (χ0v) is 10.7. The molecule has 1 aliphatic heterocycles. The quantitative estimate of drug-likeness (QED) is 0.867. The second kappa shape index (κ2) is 3.86. The highest BCUT2D eigenvalue weighted by Crippen LogP contribution is 2.53. The Labute approximate surface area is 105 Å². The van der Waals surface area contributed by atoms with Gasteiger partial charge in [0.2, 0.25) is 6.79 Å². The van der Waals surface area contributed by atoms with Crippen LogP contribution in [0.3, 0.4) is 0 Å². The van der Waals surface area contributed by atoms with Crippen LogP contribution < -0.4 is 9.47 Å². The second-order valence-electron chi connectivity index (χ2n) is 4.78. The minimum absolute atomic E-state index is 0.114. The lowest BCUT2D eigenvalue weighted by Gasteiger charge is -2.02. The van der Waals surface area contributed by atoms with Crippen molar-refractivity contribution in [1.29, 1.82) is 0 Å². The van der Waals surface area contributed by atoms with Crippen LogP contribution in [0.25, 0.3) is 0 Å². The van der Waals surface area contributed by atoms with E-state index in [1.54, 1.807) is 12.1 Å². The standard InChI is InChI=1S/C12H14O5S/c1-18(14,15)12-8(5-13)11(12)7-2-3-9-10(4-7)17-6-16-9/h2-4,8,11-13H,5-6H2,1H3. The number of hydrogen-bond acceptors (Lipinski definition) is 5. The average Bonchev–Trinajstić information content (AvgIpc) is 2.90. The molecule has 0 aromatic heterocycles. The summed E-state index contributed by atoms with van der Waals surface area (Å²) in [6, 6.07) is 5.43. The van der Waals surface area contributed by atoms with E-state index < -0.39 is 15.1 Å². The average molecular weight is 270 g/mol. The molecular weight excluding hydrogens is 256 g/mol. The molecule has 0 spiro atoms. The van der Waals surface area contributed by atoms with Crippen molar-refractivity contribution in [2.45, 2.75) is 11.2 Å². The van der Waals surface area contributed by atoms with Crippen molar-refractivity contribution in [2.24, 2.45) is 5.92 Å². The van der Waals surface area contributed by atoms with E-state index in [4.69, 9.17) is 9.47 Å². The zero-order chi connectivity index (χ0) is 12.9. The van der Waals surface area contributed by atoms with Crippen molar-refractivity contribution in [1.82, 2.24) is 0 Å². The van der Waals surface area contributed by atoms with Crippen molar-refractivity contribution in [3.05, 3.63) is 23.8 Å². The first-order chi connectivity index (χ1) is 8.52. The fourth-order valence-corrected chi connectivity index (χ4v) is 4.39. The van der Waals surface area contributed by atoms with E-state index in [1.165, 1.54) is 6.26 Å². The van der Waals surface area contributed by atoms with Crippen LogP contribution in [-0.2, 0) is 9.84 Å². The SMILES string of the molecule is CS(=O)(=O)C1C(CO)C1c1ccc2c(c1)OCO2. The van der Waals surface area contributed by atoms with Gasteiger partial charge in [0.05, 0.1) is 5.25 Å². The number of fused-ring (bicyclic) bond motifs is 1. The Morgan fingerprint density at radius 3 is 2.67 bits per heavy atom. The maximum Gasteiger partial charge on any atom is 0.231 e. The minimum atomic E-state index is -3.13. The van der Waals surface area contributed by atoms with Crippen molar-refractivity contribution in [3.8, 4) is 11.5 Å². The van der Waals surface area contributed by atoms with Crippen LogP contribution in [0, 0.1) is 5.92 Å². The number of benzene rings is 1. The Bertz CT molecular complexity index is 580. The van der Waals surface area contributed by atoms with Crippen LogP contribution in [0.4, 0.5) is 0 Å². The lowest BCUT2D eigenvalue weighted by molar-refractivity contribution is 0.174. The summed E-state index contributed by atoms with van der Waals surface area (Å²) >= 11 is 0. The molecular formula is C12H14O5S. The Hall–Kier alpha value is -1.27. The number of hydrogen-bond donors (Lipinski definition) is 1. The fraction of sp³-hybridized carbons (Fsp3) is 0.500. The van der Waals surface area contributed by atoms with Gasteiger partial charge in [0.15, 0.2) is 21.3 Å². The number of rotatable bonds is 3. The van der Waals surface area contributed by atoms with Gasteiger partial charge in [0.1, 0.15) is 0 Å². The Balaban J connectivity index is 1.92. The molecule has 18 heavy (non-hydrogen) atoms. The molecule has 0 radical (unpaired) electrons. The van der Waals surface area contributed by atoms with Crippen LogP contribution in [0.1, 0.15) is 11.5 Å². The summed E-state index contributed by atoms with van der Waals surface area (Å²) in [5, 5.41) is 8.76. The van der Waals surface area contributed by atoms with E-state index in [9.17, 15) is 13.5 Å². The predicted octanol–water partition coefficient (Wildman–Crippen LogP) is 0.534. The van der Waals surface area contributed by atoms with Gasteiger partial charge in [-0.3, -0.25) is 0 Å². The summed E-state index contributed by atoms with van der Waals surface area (Å²) in [5.41, 5.74) is 0.883. The molecule has 0 saturated heterocycles. The molecule has 1 aromatic rings. The van der Waals surface area contributed by atoms with Crippen LogP contribution >= 0.6 is 0 Å². The van der Waals surface area contributed by atoms with Crippen LogP contribution in [0.5, 0.6) is 11.5 Å². The summed E-state index contributed by atoms with van der Waals surface area (Å²) in [4.78, 5) is 0. The molecule has 1 heterocycles. The Morgan fingerprint density at radius 1 is 1.33 bits per heavy atom. The third kappa shape index (κ3) is 1.76. The van der Waals surface area contributed by atoms with Gasteiger partial charge in [-0.1, -0.05) is 6.07 Å². The number of sulfone groups is 1. The van der Waals surface area contributed by atoms with E-state index in [-0.39, 0.29) is 25.2 Å². The highest BCUT2D eigenvalue weighted by molar-refractivity contribution is 7.91. The number of aliphatic hydroxyl groups excluding tert-OH is 1. The summed E-state index contributed by atoms with van der Waals surface area (Å²) in [6.07, 6.45) is 1.22. The van der Waals surface area contributed by atoms with E-state index in [2.05, 4.69) is 0 Å². The topological polar surface area (TPSA) is 72.8 Å². The molecule has 5 nitrogen and oxygen atoms in total. The normalized spacial score (nSPS) is 29.3. The van der Waals surface area contributed by atoms with E-state index >= 15 is 0 Å². The highest BCUT2D eigenvalue weighted by Gasteiger charge is 2.56. The monoisotopic (exact) mass is 270 g/mol. The van der Waals surface area contributed by atoms with Gasteiger partial charge in [0, 0.05) is 24.7 Å². The maximum absolute atomic E-state index is 11.6. The minimum Gasteiger partial charge on any atom is -0.454 e. The van der Waals surface area contributed by atoms with Gasteiger partial charge in [-0.05, 0) is 17.7 Å². The lowest BCUT2D eigenvalue weighted by Crippen LogP contribution is -2.08. The first-order valence-electron chi connectivity index (χ1n) is 5.71. The van der Waals surface area contributed by atoms with Gasteiger partial charge >= 0.3 is 0 Å². The number of aliphatic hydroxyl groups is 1. The summed E-state index contributed by atoms with van der Waals surface area (Å²) in [7, 11) is -3.13. The van der Waals surface area contributed by atoms with Gasteiger partial charge in [-0.25, -0.2) is 8.42 Å². The first kappa shape index (κ1) is 11.8. The molecule has 98 valence electrons. The van der Waals surface area contributed by atoms with Crippen LogP contribution in [-0.4, -0.2) is 38.4 Å². The molecule has 3 unspecified atom stereocenters. The molecule has 0 amide bonds. The van der Waals surface area contributed by atoms with E-state index in [0.717, 1.165) is 5.56 Å². The second-order valence-corrected chi connectivity index (χ2v) is 6.98. The molecule has 0 bridgehead atoms. The van der Waals surface area contributed by atoms with Crippen molar-refractivity contribution in [3.63, 3.8) is 0 Å². The predicted molar refractivity (Wildman–Crippen MR) is 64.5 cm³/mol. The Morgan fingerprint density at radius 2 is 2.06 bits per heavy atom. The lowest BCUT2D eigenvalue weighted by atomic mass is 10.1. The highest BCUT2D eigenvalue weighted by atomic mass is 32.2. The first-order valence-corrected chi connectivity index (χ1v) is 7.67. The smallest absolute Gasteiger partial charge is 0.231 e. The van der Waals surface area contributed by atoms with Crippen LogP contribution in [0.2, 0.25) is 0 Å². The van der Waals surface area contributed by atoms with Gasteiger partial charge in [-0.15, -0.1) is 0 Å². The van der Waals surface area contributed by atoms with Gasteiger partial charge in [-0.2, -0.15) is 0 Å². The van der Waals surface area contributed by atoms with Crippen molar-refractivity contribution < 1.29 is 23.0 Å². The fourth-order valence-electron chi connectivity index (χ4n) is 2.70. The number of ether oxygens (including phenoxy) is 2. The molecule has 3 atom stereocenters. The molecule has 1 N–H and O–H groups in total. The third-order valence-corrected chi connectivity index (χ3v) is 5.21. The molecule has 1 saturated carbocycles. The van der Waals surface area contributed by atoms with E-state index in [0.29, 0.717) is 11.5 Å². The molecule has 2 aliphatic rings. The summed E-state index contributed by atoms with van der Waals surface area (Å²) < 4.78 is 33.7. The van der Waals surface area contributed by atoms with Crippen LogP contribution in [0.15, 0.2) is 18.2 Å².